The molecule has 1 aromatic rings. The van der Waals surface area contributed by atoms with E-state index in [4.69, 9.17) is 17.3 Å². The Balaban J connectivity index is 0.00000220. The van der Waals surface area contributed by atoms with Crippen molar-refractivity contribution in [3.63, 3.8) is 0 Å². The van der Waals surface area contributed by atoms with Crippen LogP contribution in [-0.4, -0.2) is 31.9 Å². The molecule has 1 unspecified atom stereocenters. The second kappa shape index (κ2) is 7.29. The van der Waals surface area contributed by atoms with Crippen molar-refractivity contribution in [1.82, 2.24) is 4.31 Å². The van der Waals surface area contributed by atoms with Gasteiger partial charge < -0.3 is 5.73 Å². The molecule has 1 fully saturated rings. The van der Waals surface area contributed by atoms with Gasteiger partial charge in [-0.25, -0.2) is 8.42 Å². The van der Waals surface area contributed by atoms with E-state index in [1.807, 2.05) is 19.9 Å². The standard InChI is InChI=1S/C14H21ClN2O2S.ClH/c1-10(2)11-5-6-13(15)14(8-11)20(18,19)17-7-3-4-12(16)9-17;/h5-6,8,10,12H,3-4,7,9,16H2,1-2H3;1H. The summed E-state index contributed by atoms with van der Waals surface area (Å²) < 4.78 is 26.9. The fraction of sp³-hybridized carbons (Fsp3) is 0.571. The second-order valence-electron chi connectivity index (χ2n) is 5.61. The summed E-state index contributed by atoms with van der Waals surface area (Å²) in [5, 5.41) is 0.272. The largest absolute Gasteiger partial charge is 0.327 e. The molecule has 2 rings (SSSR count). The van der Waals surface area contributed by atoms with Crippen molar-refractivity contribution in [2.45, 2.75) is 43.5 Å². The Morgan fingerprint density at radius 1 is 1.38 bits per heavy atom. The highest BCUT2D eigenvalue weighted by Gasteiger charge is 2.30. The Morgan fingerprint density at radius 3 is 2.62 bits per heavy atom. The number of rotatable bonds is 3. The van der Waals surface area contributed by atoms with Crippen LogP contribution in [0.5, 0.6) is 0 Å². The smallest absolute Gasteiger partial charge is 0.244 e. The monoisotopic (exact) mass is 352 g/mol. The first-order valence-electron chi connectivity index (χ1n) is 6.87. The van der Waals surface area contributed by atoms with E-state index in [1.54, 1.807) is 12.1 Å². The third-order valence-electron chi connectivity index (χ3n) is 3.66. The van der Waals surface area contributed by atoms with Crippen molar-refractivity contribution >= 4 is 34.0 Å². The number of nitrogens with two attached hydrogens (primary N) is 1. The lowest BCUT2D eigenvalue weighted by Crippen LogP contribution is -2.45. The molecular formula is C14H22Cl2N2O2S. The Bertz CT molecular complexity index is 591. The number of hydrogen-bond donors (Lipinski definition) is 1. The quantitative estimate of drug-likeness (QED) is 0.909. The summed E-state index contributed by atoms with van der Waals surface area (Å²) >= 11 is 6.10. The molecule has 0 amide bonds. The van der Waals surface area contributed by atoms with Crippen LogP contribution in [0.4, 0.5) is 0 Å². The van der Waals surface area contributed by atoms with Crippen molar-refractivity contribution in [2.75, 3.05) is 13.1 Å². The molecule has 4 nitrogen and oxygen atoms in total. The van der Waals surface area contributed by atoms with Gasteiger partial charge in [0.25, 0.3) is 0 Å². The zero-order valence-electron chi connectivity index (χ0n) is 12.3. The van der Waals surface area contributed by atoms with Crippen LogP contribution in [0.25, 0.3) is 0 Å². The first-order valence-corrected chi connectivity index (χ1v) is 8.69. The van der Waals surface area contributed by atoms with Gasteiger partial charge in [0, 0.05) is 19.1 Å². The molecule has 1 aliphatic heterocycles. The topological polar surface area (TPSA) is 63.4 Å². The van der Waals surface area contributed by atoms with Gasteiger partial charge in [0.05, 0.1) is 5.02 Å². The van der Waals surface area contributed by atoms with Gasteiger partial charge in [-0.2, -0.15) is 4.31 Å². The minimum absolute atomic E-state index is 0. The van der Waals surface area contributed by atoms with Crippen LogP contribution < -0.4 is 5.73 Å². The van der Waals surface area contributed by atoms with Crippen LogP contribution >= 0.6 is 24.0 Å². The van der Waals surface area contributed by atoms with E-state index in [9.17, 15) is 8.42 Å². The molecule has 2 N–H and O–H groups in total. The summed E-state index contributed by atoms with van der Waals surface area (Å²) in [6.07, 6.45) is 1.66. The first kappa shape index (κ1) is 18.7. The Kier molecular flexibility index (Phi) is 6.50. The third kappa shape index (κ3) is 4.11. The zero-order valence-corrected chi connectivity index (χ0v) is 14.6. The molecular weight excluding hydrogens is 331 g/mol. The summed E-state index contributed by atoms with van der Waals surface area (Å²) in [6.45, 7) is 4.93. The highest BCUT2D eigenvalue weighted by Crippen LogP contribution is 2.29. The van der Waals surface area contributed by atoms with Crippen LogP contribution in [0.3, 0.4) is 0 Å². The maximum absolute atomic E-state index is 12.7. The van der Waals surface area contributed by atoms with E-state index in [1.165, 1.54) is 4.31 Å². The van der Waals surface area contributed by atoms with Crippen LogP contribution in [0.1, 0.15) is 38.2 Å². The summed E-state index contributed by atoms with van der Waals surface area (Å²) in [5.74, 6) is 0.254. The lowest BCUT2D eigenvalue weighted by Gasteiger charge is -2.30. The second-order valence-corrected chi connectivity index (χ2v) is 7.92. The van der Waals surface area contributed by atoms with Gasteiger partial charge in [-0.1, -0.05) is 31.5 Å². The fourth-order valence-corrected chi connectivity index (χ4v) is 4.45. The molecule has 1 saturated heterocycles. The molecule has 1 aromatic carbocycles. The van der Waals surface area contributed by atoms with Crippen LogP contribution in [0.15, 0.2) is 23.1 Å². The van der Waals surface area contributed by atoms with Gasteiger partial charge in [-0.05, 0) is 36.5 Å². The molecule has 1 atom stereocenters. The number of hydrogen-bond acceptors (Lipinski definition) is 3. The minimum Gasteiger partial charge on any atom is -0.327 e. The zero-order chi connectivity index (χ0) is 14.9. The fourth-order valence-electron chi connectivity index (χ4n) is 2.41. The van der Waals surface area contributed by atoms with E-state index < -0.39 is 10.0 Å². The van der Waals surface area contributed by atoms with Gasteiger partial charge >= 0.3 is 0 Å². The van der Waals surface area contributed by atoms with Crippen molar-refractivity contribution in [3.8, 4) is 0 Å². The molecule has 7 heteroatoms. The maximum Gasteiger partial charge on any atom is 0.244 e. The predicted molar refractivity (Wildman–Crippen MR) is 88.8 cm³/mol. The molecule has 0 radical (unpaired) electrons. The number of halogens is 2. The van der Waals surface area contributed by atoms with Crippen LogP contribution in [0.2, 0.25) is 5.02 Å². The lowest BCUT2D eigenvalue weighted by atomic mass is 10.0. The van der Waals surface area contributed by atoms with Crippen molar-refractivity contribution < 1.29 is 8.42 Å². The predicted octanol–water partition coefficient (Wildman–Crippen LogP) is 3.00. The van der Waals surface area contributed by atoms with Gasteiger partial charge in [0.1, 0.15) is 4.90 Å². The van der Waals surface area contributed by atoms with E-state index in [0.29, 0.717) is 13.1 Å². The molecule has 120 valence electrons. The Hall–Kier alpha value is -0.330. The van der Waals surface area contributed by atoms with Gasteiger partial charge in [0.2, 0.25) is 10.0 Å². The molecule has 0 aromatic heterocycles. The molecule has 0 bridgehead atoms. The molecule has 1 aliphatic rings. The van der Waals surface area contributed by atoms with E-state index in [2.05, 4.69) is 0 Å². The maximum atomic E-state index is 12.7. The van der Waals surface area contributed by atoms with Crippen molar-refractivity contribution in [2.24, 2.45) is 5.73 Å². The molecule has 0 spiro atoms. The van der Waals surface area contributed by atoms with E-state index in [-0.39, 0.29) is 34.3 Å². The first-order chi connectivity index (χ1) is 9.32. The molecule has 1 heterocycles. The van der Waals surface area contributed by atoms with Crippen molar-refractivity contribution in [1.29, 1.82) is 0 Å². The summed E-state index contributed by atoms with van der Waals surface area (Å²) in [7, 11) is -3.56. The summed E-state index contributed by atoms with van der Waals surface area (Å²) in [4.78, 5) is 0.194. The highest BCUT2D eigenvalue weighted by atomic mass is 35.5. The number of sulfonamides is 1. The number of nitrogens with zero attached hydrogens (tertiary/aromatic N) is 1. The SMILES string of the molecule is CC(C)c1ccc(Cl)c(S(=O)(=O)N2CCCC(N)C2)c1.Cl. The molecule has 21 heavy (non-hydrogen) atoms. The summed E-state index contributed by atoms with van der Waals surface area (Å²) in [6, 6.07) is 5.12. The summed E-state index contributed by atoms with van der Waals surface area (Å²) in [5.41, 5.74) is 6.84. The normalized spacial score (nSPS) is 20.3. The lowest BCUT2D eigenvalue weighted by molar-refractivity contribution is 0.316. The Labute approximate surface area is 138 Å². The average molecular weight is 353 g/mol. The van der Waals surface area contributed by atoms with Gasteiger partial charge in [-0.3, -0.25) is 0 Å². The highest BCUT2D eigenvalue weighted by molar-refractivity contribution is 7.89. The van der Waals surface area contributed by atoms with Gasteiger partial charge in [0.15, 0.2) is 0 Å². The van der Waals surface area contributed by atoms with Crippen LogP contribution in [0, 0.1) is 0 Å². The average Bonchev–Trinajstić information content (AvgIpc) is 2.38. The number of piperidine rings is 1. The van der Waals surface area contributed by atoms with E-state index in [0.717, 1.165) is 18.4 Å². The molecule has 0 saturated carbocycles. The third-order valence-corrected chi connectivity index (χ3v) is 6.01. The van der Waals surface area contributed by atoms with Crippen molar-refractivity contribution in [3.05, 3.63) is 28.8 Å². The number of benzene rings is 1. The minimum atomic E-state index is -3.56. The van der Waals surface area contributed by atoms with E-state index >= 15 is 0 Å². The Morgan fingerprint density at radius 2 is 2.05 bits per heavy atom. The van der Waals surface area contributed by atoms with Crippen LogP contribution in [-0.2, 0) is 10.0 Å². The van der Waals surface area contributed by atoms with Gasteiger partial charge in [-0.15, -0.1) is 12.4 Å². The molecule has 0 aliphatic carbocycles.